The first kappa shape index (κ1) is 27.2. The van der Waals surface area contributed by atoms with Crippen molar-refractivity contribution in [3.05, 3.63) is 68.1 Å². The Morgan fingerprint density at radius 3 is 2.06 bits per heavy atom. The number of nitrogens with zero attached hydrogens (tertiary/aromatic N) is 1. The van der Waals surface area contributed by atoms with Crippen molar-refractivity contribution in [3.8, 4) is 0 Å². The average molecular weight is 604 g/mol. The lowest BCUT2D eigenvalue weighted by Gasteiger charge is -2.29. The van der Waals surface area contributed by atoms with Crippen LogP contribution in [0.1, 0.15) is 16.7 Å². The Morgan fingerprint density at radius 2 is 1.48 bits per heavy atom. The van der Waals surface area contributed by atoms with Crippen molar-refractivity contribution < 1.29 is 35.9 Å². The number of alkyl halides is 6. The molecule has 1 N–H and O–H groups in total. The van der Waals surface area contributed by atoms with Crippen LogP contribution in [0.5, 0.6) is 0 Å². The van der Waals surface area contributed by atoms with Crippen LogP contribution in [0.3, 0.4) is 0 Å². The third-order valence-corrected chi connectivity index (χ3v) is 5.60. The first-order chi connectivity index (χ1) is 15.3. The maximum Gasteiger partial charge on any atom is 0.471 e. The summed E-state index contributed by atoms with van der Waals surface area (Å²) in [6, 6.07) is 12.6. The van der Waals surface area contributed by atoms with Gasteiger partial charge in [-0.3, -0.25) is 9.59 Å². The maximum absolute atomic E-state index is 12.3. The number of carbonyl (C=O) groups is 2. The van der Waals surface area contributed by atoms with Crippen molar-refractivity contribution in [2.45, 2.75) is 31.7 Å². The zero-order valence-electron chi connectivity index (χ0n) is 16.9. The van der Waals surface area contributed by atoms with E-state index in [1.165, 1.54) is 0 Å². The first-order valence-corrected chi connectivity index (χ1v) is 11.1. The maximum atomic E-state index is 12.3. The fraction of sp³-hybridized carbons (Fsp3) is 0.333. The molecule has 0 saturated carbocycles. The van der Waals surface area contributed by atoms with Crippen LogP contribution in [-0.2, 0) is 29.0 Å². The lowest BCUT2D eigenvalue weighted by molar-refractivity contribution is -0.186. The summed E-state index contributed by atoms with van der Waals surface area (Å²) in [6.45, 7) is 0.111. The van der Waals surface area contributed by atoms with Gasteiger partial charge in [-0.2, -0.15) is 26.3 Å². The van der Waals surface area contributed by atoms with Gasteiger partial charge in [0.25, 0.3) is 0 Å². The molecular formula is C21H18Br2F6N2O2. The molecule has 0 fully saturated rings. The second kappa shape index (κ2) is 11.4. The summed E-state index contributed by atoms with van der Waals surface area (Å²) in [5.41, 5.74) is 2.63. The third-order valence-electron chi connectivity index (χ3n) is 4.58. The van der Waals surface area contributed by atoms with E-state index >= 15 is 0 Å². The minimum atomic E-state index is -4.81. The first-order valence-electron chi connectivity index (χ1n) is 9.50. The van der Waals surface area contributed by atoms with Gasteiger partial charge in [0, 0.05) is 28.6 Å². The molecule has 2 aromatic carbocycles. The van der Waals surface area contributed by atoms with Crippen molar-refractivity contribution in [1.82, 2.24) is 10.2 Å². The summed E-state index contributed by atoms with van der Waals surface area (Å²) in [5, 5.41) is 1.81. The predicted octanol–water partition coefficient (Wildman–Crippen LogP) is 5.57. The zero-order chi connectivity index (χ0) is 24.8. The molecule has 1 aliphatic heterocycles. The summed E-state index contributed by atoms with van der Waals surface area (Å²) < 4.78 is 74.0. The van der Waals surface area contributed by atoms with E-state index in [1.54, 1.807) is 30.3 Å². The Morgan fingerprint density at radius 1 is 0.879 bits per heavy atom. The monoisotopic (exact) mass is 602 g/mol. The summed E-state index contributed by atoms with van der Waals surface area (Å²) in [7, 11) is 0. The van der Waals surface area contributed by atoms with E-state index < -0.39 is 24.2 Å². The normalized spacial score (nSPS) is 13.5. The van der Waals surface area contributed by atoms with Gasteiger partial charge in [0.05, 0.1) is 0 Å². The highest BCUT2D eigenvalue weighted by Crippen LogP contribution is 2.26. The van der Waals surface area contributed by atoms with E-state index in [1.807, 2.05) is 17.4 Å². The Hall–Kier alpha value is -2.08. The Kier molecular flexibility index (Phi) is 9.36. The highest BCUT2D eigenvalue weighted by atomic mass is 79.9. The van der Waals surface area contributed by atoms with E-state index in [0.29, 0.717) is 12.8 Å². The van der Waals surface area contributed by atoms with Crippen molar-refractivity contribution >= 4 is 43.7 Å². The molecule has 4 nitrogen and oxygen atoms in total. The standard InChI is InChI=1S/C11H9BrF3NO.C10H9BrF3NO/c12-9-2-1-7-3-4-16(6-8(7)5-9)10(17)11(13,14)15;11-8-3-1-7(2-4-8)5-6-15-9(16)10(12,13)14/h1-2,5H,3-4,6H2;1-4H,5-6H2,(H,15,16). The van der Waals surface area contributed by atoms with Crippen LogP contribution in [0.2, 0.25) is 0 Å². The highest BCUT2D eigenvalue weighted by Gasteiger charge is 2.43. The molecule has 0 atom stereocenters. The van der Waals surface area contributed by atoms with E-state index in [-0.39, 0.29) is 19.6 Å². The molecule has 3 rings (SSSR count). The molecule has 0 aromatic heterocycles. The minimum Gasteiger partial charge on any atom is -0.348 e. The van der Waals surface area contributed by atoms with Crippen LogP contribution in [0.4, 0.5) is 26.3 Å². The molecule has 0 bridgehead atoms. The van der Waals surface area contributed by atoms with Gasteiger partial charge in [-0.25, -0.2) is 0 Å². The summed E-state index contributed by atoms with van der Waals surface area (Å²) in [4.78, 5) is 22.4. The Balaban J connectivity index is 0.000000234. The molecule has 33 heavy (non-hydrogen) atoms. The van der Waals surface area contributed by atoms with Crippen LogP contribution in [-0.4, -0.2) is 42.2 Å². The topological polar surface area (TPSA) is 49.4 Å². The Bertz CT molecular complexity index is 978. The average Bonchev–Trinajstić information content (AvgIpc) is 2.73. The number of fused-ring (bicyclic) bond motifs is 1. The van der Waals surface area contributed by atoms with E-state index in [2.05, 4.69) is 31.9 Å². The molecule has 1 heterocycles. The molecule has 0 aliphatic carbocycles. The lowest BCUT2D eigenvalue weighted by Crippen LogP contribution is -2.43. The molecule has 2 aromatic rings. The van der Waals surface area contributed by atoms with Crippen molar-refractivity contribution in [3.63, 3.8) is 0 Å². The van der Waals surface area contributed by atoms with Gasteiger partial charge in [0.15, 0.2) is 0 Å². The fourth-order valence-corrected chi connectivity index (χ4v) is 3.62. The number of rotatable bonds is 3. The van der Waals surface area contributed by atoms with Gasteiger partial charge in [-0.15, -0.1) is 0 Å². The number of halogens is 8. The molecule has 0 unspecified atom stereocenters. The van der Waals surface area contributed by atoms with Crippen LogP contribution >= 0.6 is 31.9 Å². The van der Waals surface area contributed by atoms with Gasteiger partial charge in [0.2, 0.25) is 0 Å². The second-order valence-electron chi connectivity index (χ2n) is 7.02. The second-order valence-corrected chi connectivity index (χ2v) is 8.85. The molecule has 1 aliphatic rings. The molecule has 0 spiro atoms. The van der Waals surface area contributed by atoms with E-state index in [4.69, 9.17) is 0 Å². The third kappa shape index (κ3) is 8.65. The van der Waals surface area contributed by atoms with Gasteiger partial charge in [0.1, 0.15) is 0 Å². The SMILES string of the molecule is O=C(N1CCc2ccc(Br)cc2C1)C(F)(F)F.O=C(NCCc1ccc(Br)cc1)C(F)(F)F. The van der Waals surface area contributed by atoms with Gasteiger partial charge in [-0.1, -0.05) is 50.1 Å². The fourth-order valence-electron chi connectivity index (χ4n) is 2.95. The number of hydrogen-bond donors (Lipinski definition) is 1. The lowest BCUT2D eigenvalue weighted by atomic mass is 10.00. The quantitative estimate of drug-likeness (QED) is 0.467. The largest absolute Gasteiger partial charge is 0.471 e. The van der Waals surface area contributed by atoms with Crippen molar-refractivity contribution in [1.29, 1.82) is 0 Å². The van der Waals surface area contributed by atoms with Crippen LogP contribution in [0.25, 0.3) is 0 Å². The molecule has 0 saturated heterocycles. The molecule has 12 heteroatoms. The number of nitrogens with one attached hydrogen (secondary N) is 1. The zero-order valence-corrected chi connectivity index (χ0v) is 20.0. The molecular weight excluding hydrogens is 586 g/mol. The Labute approximate surface area is 202 Å². The minimum absolute atomic E-state index is 0.0209. The van der Waals surface area contributed by atoms with Gasteiger partial charge in [-0.05, 0) is 53.8 Å². The van der Waals surface area contributed by atoms with Crippen molar-refractivity contribution in [2.24, 2.45) is 0 Å². The van der Waals surface area contributed by atoms with Crippen LogP contribution < -0.4 is 5.32 Å². The van der Waals surface area contributed by atoms with Gasteiger partial charge < -0.3 is 10.2 Å². The molecule has 0 radical (unpaired) electrons. The summed E-state index contributed by atoms with van der Waals surface area (Å²) in [6.07, 6.45) is -8.76. The summed E-state index contributed by atoms with van der Waals surface area (Å²) in [5.74, 6) is -3.66. The number of hydrogen-bond acceptors (Lipinski definition) is 2. The van der Waals surface area contributed by atoms with Gasteiger partial charge >= 0.3 is 24.2 Å². The van der Waals surface area contributed by atoms with Crippen LogP contribution in [0, 0.1) is 0 Å². The van der Waals surface area contributed by atoms with E-state index in [9.17, 15) is 35.9 Å². The molecule has 180 valence electrons. The van der Waals surface area contributed by atoms with Crippen molar-refractivity contribution in [2.75, 3.05) is 13.1 Å². The van der Waals surface area contributed by atoms with E-state index in [0.717, 1.165) is 30.5 Å². The number of benzene rings is 2. The number of carbonyl (C=O) groups excluding carboxylic acids is 2. The predicted molar refractivity (Wildman–Crippen MR) is 116 cm³/mol. The van der Waals surface area contributed by atoms with Crippen LogP contribution in [0.15, 0.2) is 51.4 Å². The number of amides is 2. The smallest absolute Gasteiger partial charge is 0.348 e. The highest BCUT2D eigenvalue weighted by molar-refractivity contribution is 9.10. The summed E-state index contributed by atoms with van der Waals surface area (Å²) >= 11 is 6.51. The molecule has 2 amide bonds.